The molecular formula is C11H12N2O5. The minimum Gasteiger partial charge on any atom is -0.481 e. The summed E-state index contributed by atoms with van der Waals surface area (Å²) in [4.78, 5) is 15.6. The molecule has 1 unspecified atom stereocenters. The Labute approximate surface area is 103 Å². The normalized spacial score (nSPS) is 21.6. The fourth-order valence-corrected chi connectivity index (χ4v) is 1.71. The molecule has 1 aliphatic heterocycles. The number of anilines is 1. The number of hydrogen-bond acceptors (Lipinski definition) is 6. The fourth-order valence-electron chi connectivity index (χ4n) is 1.71. The molecule has 0 saturated carbocycles. The first-order valence-electron chi connectivity index (χ1n) is 5.30. The van der Waals surface area contributed by atoms with E-state index in [9.17, 15) is 20.2 Å². The van der Waals surface area contributed by atoms with Crippen molar-refractivity contribution in [1.82, 2.24) is 4.98 Å². The average Bonchev–Trinajstić information content (AvgIpc) is 2.37. The standard InChI is InChI=1S/C11H12N2O5/c1-2-18-11(16)7-8(14)6-4-3-5-12-9(6)13(17)10(7)15/h3-5,8,14,16-17H,2H2,1H3/b11-7+. The smallest absolute Gasteiger partial charge is 0.289 e. The number of carbonyl (C=O) groups is 1. The molecule has 0 saturated heterocycles. The molecular weight excluding hydrogens is 240 g/mol. The molecule has 1 aromatic heterocycles. The molecule has 0 radical (unpaired) electrons. The number of aromatic nitrogens is 1. The third-order valence-electron chi connectivity index (χ3n) is 2.52. The Kier molecular flexibility index (Phi) is 3.17. The molecule has 0 bridgehead atoms. The van der Waals surface area contributed by atoms with Crippen LogP contribution in [0.15, 0.2) is 29.8 Å². The number of rotatable bonds is 2. The molecule has 1 atom stereocenters. The number of nitrogens with zero attached hydrogens (tertiary/aromatic N) is 2. The predicted octanol–water partition coefficient (Wildman–Crippen LogP) is 0.657. The number of hydrogen-bond donors (Lipinski definition) is 3. The van der Waals surface area contributed by atoms with Crippen LogP contribution in [0.4, 0.5) is 5.82 Å². The third-order valence-corrected chi connectivity index (χ3v) is 2.52. The quantitative estimate of drug-likeness (QED) is 0.406. The van der Waals surface area contributed by atoms with Crippen molar-refractivity contribution in [3.8, 4) is 0 Å². The van der Waals surface area contributed by atoms with Crippen molar-refractivity contribution in [2.75, 3.05) is 11.7 Å². The van der Waals surface area contributed by atoms with Crippen molar-refractivity contribution in [2.45, 2.75) is 13.0 Å². The van der Waals surface area contributed by atoms with E-state index in [1.165, 1.54) is 12.3 Å². The SMILES string of the molecule is CCO/C(O)=C1/C(=O)N(O)c2ncccc2C1O. The van der Waals surface area contributed by atoms with Crippen molar-refractivity contribution in [3.05, 3.63) is 35.4 Å². The lowest BCUT2D eigenvalue weighted by Gasteiger charge is -2.27. The van der Waals surface area contributed by atoms with Crippen molar-refractivity contribution in [2.24, 2.45) is 0 Å². The molecule has 1 aromatic rings. The molecule has 96 valence electrons. The van der Waals surface area contributed by atoms with Gasteiger partial charge in [-0.3, -0.25) is 10.0 Å². The molecule has 0 spiro atoms. The van der Waals surface area contributed by atoms with E-state index >= 15 is 0 Å². The molecule has 1 amide bonds. The zero-order chi connectivity index (χ0) is 13.3. The summed E-state index contributed by atoms with van der Waals surface area (Å²) < 4.78 is 4.78. The van der Waals surface area contributed by atoms with Crippen LogP contribution in [0.25, 0.3) is 0 Å². The molecule has 0 aromatic carbocycles. The van der Waals surface area contributed by atoms with Crippen LogP contribution in [0, 0.1) is 0 Å². The maximum absolute atomic E-state index is 11.8. The van der Waals surface area contributed by atoms with Gasteiger partial charge in [0.2, 0.25) is 0 Å². The van der Waals surface area contributed by atoms with Gasteiger partial charge < -0.3 is 14.9 Å². The molecule has 3 N–H and O–H groups in total. The Morgan fingerprint density at radius 1 is 1.61 bits per heavy atom. The van der Waals surface area contributed by atoms with Gasteiger partial charge in [0.25, 0.3) is 11.9 Å². The zero-order valence-electron chi connectivity index (χ0n) is 9.57. The highest BCUT2D eigenvalue weighted by Crippen LogP contribution is 2.36. The Balaban J connectivity index is 2.55. The van der Waals surface area contributed by atoms with Crippen LogP contribution in [0.5, 0.6) is 0 Å². The second-order valence-corrected chi connectivity index (χ2v) is 3.59. The minimum absolute atomic E-state index is 0.0666. The van der Waals surface area contributed by atoms with Crippen LogP contribution < -0.4 is 5.06 Å². The van der Waals surface area contributed by atoms with Crippen LogP contribution in [-0.2, 0) is 9.53 Å². The van der Waals surface area contributed by atoms with Crippen LogP contribution in [0.3, 0.4) is 0 Å². The Hall–Kier alpha value is -2.12. The van der Waals surface area contributed by atoms with E-state index in [1.54, 1.807) is 13.0 Å². The molecule has 0 aliphatic carbocycles. The van der Waals surface area contributed by atoms with Crippen molar-refractivity contribution < 1.29 is 25.0 Å². The second kappa shape index (κ2) is 4.63. The largest absolute Gasteiger partial charge is 0.481 e. The number of amides is 1. The first-order chi connectivity index (χ1) is 8.57. The van der Waals surface area contributed by atoms with Gasteiger partial charge in [-0.15, -0.1) is 0 Å². The third kappa shape index (κ3) is 1.79. The lowest BCUT2D eigenvalue weighted by Crippen LogP contribution is -2.37. The van der Waals surface area contributed by atoms with E-state index in [0.717, 1.165) is 0 Å². The number of fused-ring (bicyclic) bond motifs is 1. The average molecular weight is 252 g/mol. The van der Waals surface area contributed by atoms with Gasteiger partial charge in [-0.05, 0) is 13.0 Å². The number of aliphatic hydroxyl groups is 2. The maximum Gasteiger partial charge on any atom is 0.289 e. The summed E-state index contributed by atoms with van der Waals surface area (Å²) >= 11 is 0. The van der Waals surface area contributed by atoms with E-state index in [0.29, 0.717) is 0 Å². The molecule has 7 nitrogen and oxygen atoms in total. The van der Waals surface area contributed by atoms with Gasteiger partial charge in [0.15, 0.2) is 5.82 Å². The molecule has 2 heterocycles. The van der Waals surface area contributed by atoms with E-state index in [4.69, 9.17) is 4.74 Å². The lowest BCUT2D eigenvalue weighted by molar-refractivity contribution is -0.122. The Bertz CT molecular complexity index is 514. The number of aliphatic hydroxyl groups excluding tert-OH is 2. The van der Waals surface area contributed by atoms with E-state index < -0.39 is 23.5 Å². The van der Waals surface area contributed by atoms with Gasteiger partial charge in [0.05, 0.1) is 6.61 Å². The molecule has 1 aliphatic rings. The molecule has 18 heavy (non-hydrogen) atoms. The topological polar surface area (TPSA) is 103 Å². The fraction of sp³-hybridized carbons (Fsp3) is 0.273. The molecule has 2 rings (SSSR count). The minimum atomic E-state index is -1.39. The van der Waals surface area contributed by atoms with Gasteiger partial charge in [0.1, 0.15) is 11.7 Å². The first-order valence-corrected chi connectivity index (χ1v) is 5.30. The Morgan fingerprint density at radius 3 is 3.00 bits per heavy atom. The lowest BCUT2D eigenvalue weighted by atomic mass is 9.98. The number of ether oxygens (including phenoxy) is 1. The predicted molar refractivity (Wildman–Crippen MR) is 59.8 cm³/mol. The van der Waals surface area contributed by atoms with Crippen LogP contribution in [0.2, 0.25) is 0 Å². The second-order valence-electron chi connectivity index (χ2n) is 3.59. The van der Waals surface area contributed by atoms with Crippen LogP contribution in [-0.4, -0.2) is 32.9 Å². The summed E-state index contributed by atoms with van der Waals surface area (Å²) in [6.45, 7) is 1.74. The zero-order valence-corrected chi connectivity index (χ0v) is 9.57. The van der Waals surface area contributed by atoms with Gasteiger partial charge in [-0.2, -0.15) is 5.06 Å². The van der Waals surface area contributed by atoms with Gasteiger partial charge in [0, 0.05) is 11.8 Å². The van der Waals surface area contributed by atoms with Gasteiger partial charge >= 0.3 is 0 Å². The number of pyridine rings is 1. The van der Waals surface area contributed by atoms with Crippen molar-refractivity contribution in [3.63, 3.8) is 0 Å². The van der Waals surface area contributed by atoms with Crippen LogP contribution >= 0.6 is 0 Å². The first kappa shape index (κ1) is 12.3. The maximum atomic E-state index is 11.8. The summed E-state index contributed by atoms with van der Waals surface area (Å²) in [6.07, 6.45) is -0.0183. The van der Waals surface area contributed by atoms with E-state index in [2.05, 4.69) is 4.98 Å². The van der Waals surface area contributed by atoms with E-state index in [1.807, 2.05) is 0 Å². The highest BCUT2D eigenvalue weighted by molar-refractivity contribution is 6.07. The van der Waals surface area contributed by atoms with Crippen molar-refractivity contribution >= 4 is 11.7 Å². The van der Waals surface area contributed by atoms with Gasteiger partial charge in [-0.25, -0.2) is 4.98 Å². The van der Waals surface area contributed by atoms with Crippen LogP contribution in [0.1, 0.15) is 18.6 Å². The summed E-state index contributed by atoms with van der Waals surface area (Å²) in [7, 11) is 0. The van der Waals surface area contributed by atoms with E-state index in [-0.39, 0.29) is 23.1 Å². The summed E-state index contributed by atoms with van der Waals surface area (Å²) in [5, 5.41) is 29.5. The number of carbonyl (C=O) groups excluding carboxylic acids is 1. The van der Waals surface area contributed by atoms with Crippen molar-refractivity contribution in [1.29, 1.82) is 0 Å². The van der Waals surface area contributed by atoms with Gasteiger partial charge in [-0.1, -0.05) is 6.07 Å². The summed E-state index contributed by atoms with van der Waals surface area (Å²) in [5.74, 6) is -1.74. The monoisotopic (exact) mass is 252 g/mol. The molecule has 7 heteroatoms. The highest BCUT2D eigenvalue weighted by Gasteiger charge is 2.38. The molecule has 0 fully saturated rings. The number of hydroxylamine groups is 1. The summed E-state index contributed by atoms with van der Waals surface area (Å²) in [5.41, 5.74) is -0.208. The summed E-state index contributed by atoms with van der Waals surface area (Å²) in [6, 6.07) is 3.03. The highest BCUT2D eigenvalue weighted by atomic mass is 16.6. The Morgan fingerprint density at radius 2 is 2.33 bits per heavy atom.